The molecule has 0 aliphatic carbocycles. The molecule has 5 N–H and O–H groups in total. The second-order valence-corrected chi connectivity index (χ2v) is 3.99. The SMILES string of the molecule is NC(=O)Oc1ccc(C(=O)Nc2ccccc2N)cc1. The molecule has 2 amide bonds. The van der Waals surface area contributed by atoms with Crippen LogP contribution in [0.4, 0.5) is 16.2 Å². The Kier molecular flexibility index (Phi) is 3.85. The molecule has 0 spiro atoms. The van der Waals surface area contributed by atoms with E-state index in [1.807, 2.05) is 0 Å². The van der Waals surface area contributed by atoms with Crippen LogP contribution in [-0.2, 0) is 0 Å². The van der Waals surface area contributed by atoms with Crippen LogP contribution in [0, 0.1) is 0 Å². The lowest BCUT2D eigenvalue weighted by molar-refractivity contribution is 0.102. The molecule has 0 saturated carbocycles. The van der Waals surface area contributed by atoms with E-state index in [-0.39, 0.29) is 11.7 Å². The first kappa shape index (κ1) is 13.4. The van der Waals surface area contributed by atoms with E-state index in [9.17, 15) is 9.59 Å². The molecule has 0 aromatic heterocycles. The molecule has 2 rings (SSSR count). The van der Waals surface area contributed by atoms with Gasteiger partial charge in [-0.05, 0) is 36.4 Å². The van der Waals surface area contributed by atoms with Gasteiger partial charge in [-0.2, -0.15) is 0 Å². The number of para-hydroxylation sites is 2. The number of nitrogens with one attached hydrogen (secondary N) is 1. The number of ether oxygens (including phenoxy) is 1. The molecule has 0 radical (unpaired) electrons. The van der Waals surface area contributed by atoms with Crippen LogP contribution in [0.3, 0.4) is 0 Å². The Balaban J connectivity index is 2.10. The van der Waals surface area contributed by atoms with Gasteiger partial charge in [0.2, 0.25) is 0 Å². The Morgan fingerprint density at radius 3 is 2.25 bits per heavy atom. The fourth-order valence-electron chi connectivity index (χ4n) is 1.60. The Morgan fingerprint density at radius 1 is 1.00 bits per heavy atom. The largest absolute Gasteiger partial charge is 0.411 e. The van der Waals surface area contributed by atoms with E-state index in [4.69, 9.17) is 11.5 Å². The smallest absolute Gasteiger partial charge is 0.409 e. The van der Waals surface area contributed by atoms with Crippen LogP contribution in [0.2, 0.25) is 0 Å². The minimum Gasteiger partial charge on any atom is -0.411 e. The first-order valence-electron chi connectivity index (χ1n) is 5.79. The summed E-state index contributed by atoms with van der Waals surface area (Å²) in [5, 5.41) is 2.69. The molecule has 0 aliphatic heterocycles. The first-order chi connectivity index (χ1) is 9.56. The molecule has 0 saturated heterocycles. The Bertz CT molecular complexity index is 638. The van der Waals surface area contributed by atoms with Crippen molar-refractivity contribution in [1.29, 1.82) is 0 Å². The highest BCUT2D eigenvalue weighted by Crippen LogP contribution is 2.18. The van der Waals surface area contributed by atoms with Gasteiger partial charge in [0, 0.05) is 5.56 Å². The fraction of sp³-hybridized carbons (Fsp3) is 0. The number of rotatable bonds is 3. The van der Waals surface area contributed by atoms with Crippen molar-refractivity contribution in [3.63, 3.8) is 0 Å². The van der Waals surface area contributed by atoms with Gasteiger partial charge in [0.15, 0.2) is 0 Å². The van der Waals surface area contributed by atoms with E-state index in [1.165, 1.54) is 24.3 Å². The number of benzene rings is 2. The van der Waals surface area contributed by atoms with E-state index in [2.05, 4.69) is 10.1 Å². The third-order valence-corrected chi connectivity index (χ3v) is 2.54. The van der Waals surface area contributed by atoms with E-state index >= 15 is 0 Å². The summed E-state index contributed by atoms with van der Waals surface area (Å²) in [4.78, 5) is 22.6. The van der Waals surface area contributed by atoms with Crippen molar-refractivity contribution in [3.8, 4) is 5.75 Å². The van der Waals surface area contributed by atoms with Gasteiger partial charge in [0.05, 0.1) is 11.4 Å². The van der Waals surface area contributed by atoms with Crippen molar-refractivity contribution in [3.05, 3.63) is 54.1 Å². The highest BCUT2D eigenvalue weighted by molar-refractivity contribution is 6.05. The monoisotopic (exact) mass is 271 g/mol. The normalized spacial score (nSPS) is 9.80. The van der Waals surface area contributed by atoms with E-state index < -0.39 is 6.09 Å². The second kappa shape index (κ2) is 5.75. The molecule has 0 unspecified atom stereocenters. The fourth-order valence-corrected chi connectivity index (χ4v) is 1.60. The van der Waals surface area contributed by atoms with Crippen molar-refractivity contribution in [1.82, 2.24) is 0 Å². The molecule has 0 aliphatic rings. The van der Waals surface area contributed by atoms with Gasteiger partial charge in [-0.1, -0.05) is 12.1 Å². The van der Waals surface area contributed by atoms with Crippen LogP contribution >= 0.6 is 0 Å². The average Bonchev–Trinajstić information content (AvgIpc) is 2.41. The summed E-state index contributed by atoms with van der Waals surface area (Å²) in [6.45, 7) is 0. The highest BCUT2D eigenvalue weighted by Gasteiger charge is 2.08. The van der Waals surface area contributed by atoms with Crippen LogP contribution in [0.5, 0.6) is 5.75 Å². The third-order valence-electron chi connectivity index (χ3n) is 2.54. The number of anilines is 2. The summed E-state index contributed by atoms with van der Waals surface area (Å²) in [6, 6.07) is 13.0. The number of amides is 2. The number of hydrogen-bond acceptors (Lipinski definition) is 4. The van der Waals surface area contributed by atoms with Gasteiger partial charge < -0.3 is 21.5 Å². The predicted octanol–water partition coefficient (Wildman–Crippen LogP) is 1.98. The summed E-state index contributed by atoms with van der Waals surface area (Å²) in [5.41, 5.74) is 12.1. The summed E-state index contributed by atoms with van der Waals surface area (Å²) in [6.07, 6.45) is -0.903. The minimum absolute atomic E-state index is 0.272. The van der Waals surface area contributed by atoms with Crippen molar-refractivity contribution in [2.24, 2.45) is 5.73 Å². The number of nitrogens with two attached hydrogens (primary N) is 2. The zero-order chi connectivity index (χ0) is 14.5. The number of primary amides is 1. The minimum atomic E-state index is -0.903. The van der Waals surface area contributed by atoms with Crippen LogP contribution in [0.1, 0.15) is 10.4 Å². The quantitative estimate of drug-likeness (QED) is 0.742. The van der Waals surface area contributed by atoms with Crippen LogP contribution in [0.15, 0.2) is 48.5 Å². The molecular weight excluding hydrogens is 258 g/mol. The molecule has 2 aromatic carbocycles. The lowest BCUT2D eigenvalue weighted by atomic mass is 10.2. The lowest BCUT2D eigenvalue weighted by Gasteiger charge is -2.08. The van der Waals surface area contributed by atoms with E-state index in [0.29, 0.717) is 16.9 Å². The maximum atomic E-state index is 12.0. The molecule has 2 aromatic rings. The van der Waals surface area contributed by atoms with Gasteiger partial charge in [-0.15, -0.1) is 0 Å². The number of carbonyl (C=O) groups is 2. The molecule has 6 heteroatoms. The molecular formula is C14H13N3O3. The summed E-state index contributed by atoms with van der Waals surface area (Å²) >= 11 is 0. The number of carbonyl (C=O) groups excluding carboxylic acids is 2. The van der Waals surface area contributed by atoms with Gasteiger partial charge >= 0.3 is 6.09 Å². The number of nitrogen functional groups attached to an aromatic ring is 1. The molecule has 102 valence electrons. The van der Waals surface area contributed by atoms with E-state index in [0.717, 1.165) is 0 Å². The van der Waals surface area contributed by atoms with Crippen molar-refractivity contribution < 1.29 is 14.3 Å². The van der Waals surface area contributed by atoms with Crippen LogP contribution in [0.25, 0.3) is 0 Å². The first-order valence-corrected chi connectivity index (χ1v) is 5.79. The van der Waals surface area contributed by atoms with Crippen LogP contribution < -0.4 is 21.5 Å². The van der Waals surface area contributed by atoms with Gasteiger partial charge in [0.1, 0.15) is 5.75 Å². The van der Waals surface area contributed by atoms with Gasteiger partial charge in [-0.3, -0.25) is 4.79 Å². The average molecular weight is 271 g/mol. The summed E-state index contributed by atoms with van der Waals surface area (Å²) in [5.74, 6) is -0.0400. The third kappa shape index (κ3) is 3.26. The van der Waals surface area contributed by atoms with Crippen molar-refractivity contribution in [2.45, 2.75) is 0 Å². The molecule has 0 atom stereocenters. The molecule has 20 heavy (non-hydrogen) atoms. The zero-order valence-electron chi connectivity index (χ0n) is 10.5. The van der Waals surface area contributed by atoms with Crippen molar-refractivity contribution >= 4 is 23.4 Å². The standard InChI is InChI=1S/C14H13N3O3/c15-11-3-1-2-4-12(11)17-13(18)9-5-7-10(8-6-9)20-14(16)19/h1-8H,15H2,(H2,16,19)(H,17,18). The van der Waals surface area contributed by atoms with Crippen molar-refractivity contribution in [2.75, 3.05) is 11.1 Å². The topological polar surface area (TPSA) is 107 Å². The van der Waals surface area contributed by atoms with Gasteiger partial charge in [-0.25, -0.2) is 4.79 Å². The van der Waals surface area contributed by atoms with Gasteiger partial charge in [0.25, 0.3) is 5.91 Å². The lowest BCUT2D eigenvalue weighted by Crippen LogP contribution is -2.16. The second-order valence-electron chi connectivity index (χ2n) is 3.99. The number of hydrogen-bond donors (Lipinski definition) is 3. The Morgan fingerprint density at radius 2 is 1.65 bits per heavy atom. The maximum Gasteiger partial charge on any atom is 0.409 e. The van der Waals surface area contributed by atoms with Crippen LogP contribution in [-0.4, -0.2) is 12.0 Å². The predicted molar refractivity (Wildman–Crippen MR) is 75.5 cm³/mol. The zero-order valence-corrected chi connectivity index (χ0v) is 10.5. The summed E-state index contributed by atoms with van der Waals surface area (Å²) < 4.78 is 4.67. The van der Waals surface area contributed by atoms with E-state index in [1.54, 1.807) is 24.3 Å². The Labute approximate surface area is 115 Å². The molecule has 0 fully saturated rings. The molecule has 6 nitrogen and oxygen atoms in total. The highest BCUT2D eigenvalue weighted by atomic mass is 16.5. The summed E-state index contributed by atoms with van der Waals surface area (Å²) in [7, 11) is 0. The Hall–Kier alpha value is -3.02. The molecule has 0 heterocycles. The molecule has 0 bridgehead atoms. The maximum absolute atomic E-state index is 12.0.